The second-order valence-electron chi connectivity index (χ2n) is 5.16. The fourth-order valence-electron chi connectivity index (χ4n) is 4.16. The van der Waals surface area contributed by atoms with Gasteiger partial charge in [0.2, 0.25) is 0 Å². The van der Waals surface area contributed by atoms with Crippen molar-refractivity contribution in [2.75, 3.05) is 0 Å². The number of nitrogens with zero attached hydrogens (tertiary/aromatic N) is 3. The van der Waals surface area contributed by atoms with Crippen LogP contribution in [0, 0.1) is 22.7 Å². The number of carbonyl (C=O) groups is 1. The molecule has 0 heterocycles. The summed E-state index contributed by atoms with van der Waals surface area (Å²) in [5, 5.41) is 3.52. The highest BCUT2D eigenvalue weighted by atomic mass is 16.1. The molecular formula is C11H9N3O. The van der Waals surface area contributed by atoms with E-state index in [1.807, 2.05) is 6.08 Å². The summed E-state index contributed by atoms with van der Waals surface area (Å²) in [6.07, 6.45) is 8.61. The number of hydrogen-bond acceptors (Lipinski definition) is 2. The van der Waals surface area contributed by atoms with Crippen molar-refractivity contribution in [2.24, 2.45) is 27.8 Å². The van der Waals surface area contributed by atoms with Crippen molar-refractivity contribution in [1.82, 2.24) is 0 Å². The Morgan fingerprint density at radius 3 is 3.20 bits per heavy atom. The zero-order valence-corrected chi connectivity index (χ0v) is 8.05. The molecule has 2 fully saturated rings. The molecule has 4 atom stereocenters. The average molecular weight is 199 g/mol. The lowest BCUT2D eigenvalue weighted by Crippen LogP contribution is -2.22. The summed E-state index contributed by atoms with van der Waals surface area (Å²) in [5.41, 5.74) is 9.06. The largest absolute Gasteiger partial charge is 0.294 e. The summed E-state index contributed by atoms with van der Waals surface area (Å²) in [5.74, 6) is 0.554. The standard InChI is InChI=1S/C11H9N3O/c12-14-13-7-4-11-5-10(11)2-1-6(3-10)8(11)9(7)15/h1-2,4,6,8H,3,5H2/t6-,8+,10+,11+/m1/s1. The fourth-order valence-corrected chi connectivity index (χ4v) is 4.16. The van der Waals surface area contributed by atoms with Crippen molar-refractivity contribution < 1.29 is 4.79 Å². The van der Waals surface area contributed by atoms with Crippen LogP contribution in [0.15, 0.2) is 29.0 Å². The van der Waals surface area contributed by atoms with Crippen molar-refractivity contribution in [3.8, 4) is 0 Å². The molecule has 4 aliphatic rings. The number of allylic oxidation sites excluding steroid dienone is 4. The van der Waals surface area contributed by atoms with E-state index in [2.05, 4.69) is 22.2 Å². The van der Waals surface area contributed by atoms with Crippen molar-refractivity contribution in [3.63, 3.8) is 0 Å². The first-order valence-electron chi connectivity index (χ1n) is 5.24. The number of carbonyl (C=O) groups excluding carboxylic acids is 1. The fraction of sp³-hybridized carbons (Fsp3) is 0.545. The lowest BCUT2D eigenvalue weighted by molar-refractivity contribution is -0.120. The Bertz CT molecular complexity index is 514. The van der Waals surface area contributed by atoms with Gasteiger partial charge in [0.15, 0.2) is 5.78 Å². The number of ketones is 1. The van der Waals surface area contributed by atoms with Gasteiger partial charge in [-0.3, -0.25) is 4.79 Å². The average Bonchev–Trinajstić information content (AvgIpc) is 2.51. The van der Waals surface area contributed by atoms with Crippen LogP contribution in [0.25, 0.3) is 10.4 Å². The van der Waals surface area contributed by atoms with E-state index in [-0.39, 0.29) is 22.5 Å². The first-order chi connectivity index (χ1) is 7.22. The van der Waals surface area contributed by atoms with E-state index in [1.54, 1.807) is 0 Å². The van der Waals surface area contributed by atoms with Crippen LogP contribution in [0.5, 0.6) is 0 Å². The molecule has 0 aromatic rings. The predicted octanol–water partition coefficient (Wildman–Crippen LogP) is 2.35. The molecule has 0 aliphatic heterocycles. The smallest absolute Gasteiger partial charge is 0.169 e. The van der Waals surface area contributed by atoms with Crippen LogP contribution in [0.3, 0.4) is 0 Å². The molecule has 0 radical (unpaired) electrons. The molecule has 4 aliphatic carbocycles. The Labute approximate surface area is 86.3 Å². The molecule has 15 heavy (non-hydrogen) atoms. The summed E-state index contributed by atoms with van der Waals surface area (Å²) in [6.45, 7) is 0. The molecule has 2 saturated carbocycles. The first kappa shape index (κ1) is 7.71. The van der Waals surface area contributed by atoms with Crippen molar-refractivity contribution in [2.45, 2.75) is 12.8 Å². The highest BCUT2D eigenvalue weighted by Crippen LogP contribution is 2.83. The third-order valence-electron chi connectivity index (χ3n) is 4.74. The van der Waals surface area contributed by atoms with Gasteiger partial charge in [0.05, 0.1) is 5.70 Å². The highest BCUT2D eigenvalue weighted by molar-refractivity contribution is 6.02. The van der Waals surface area contributed by atoms with Gasteiger partial charge in [-0.15, -0.1) is 0 Å². The molecular weight excluding hydrogens is 190 g/mol. The highest BCUT2D eigenvalue weighted by Gasteiger charge is 2.79. The molecule has 0 N–H and O–H groups in total. The van der Waals surface area contributed by atoms with Crippen LogP contribution in [-0.4, -0.2) is 5.78 Å². The zero-order valence-electron chi connectivity index (χ0n) is 8.05. The molecule has 0 unspecified atom stereocenters. The quantitative estimate of drug-likeness (QED) is 0.276. The Hall–Kier alpha value is -1.54. The van der Waals surface area contributed by atoms with Crippen molar-refractivity contribution >= 4 is 5.78 Å². The molecule has 74 valence electrons. The Kier molecular flexibility index (Phi) is 0.970. The monoisotopic (exact) mass is 199 g/mol. The van der Waals surface area contributed by atoms with Crippen LogP contribution in [0.2, 0.25) is 0 Å². The van der Waals surface area contributed by atoms with Gasteiger partial charge in [-0.1, -0.05) is 23.3 Å². The maximum Gasteiger partial charge on any atom is 0.169 e. The van der Waals surface area contributed by atoms with E-state index < -0.39 is 0 Å². The van der Waals surface area contributed by atoms with Crippen LogP contribution < -0.4 is 0 Å². The van der Waals surface area contributed by atoms with E-state index >= 15 is 0 Å². The maximum absolute atomic E-state index is 12.0. The maximum atomic E-state index is 12.0. The first-order valence-corrected chi connectivity index (χ1v) is 5.24. The molecule has 0 aromatic carbocycles. The van der Waals surface area contributed by atoms with Gasteiger partial charge < -0.3 is 0 Å². The summed E-state index contributed by atoms with van der Waals surface area (Å²) < 4.78 is 0. The third kappa shape index (κ3) is 0.581. The van der Waals surface area contributed by atoms with Gasteiger partial charge in [0, 0.05) is 16.2 Å². The van der Waals surface area contributed by atoms with Gasteiger partial charge >= 0.3 is 0 Å². The number of azide groups is 1. The van der Waals surface area contributed by atoms with Gasteiger partial charge in [-0.2, -0.15) is 0 Å². The molecule has 0 amide bonds. The van der Waals surface area contributed by atoms with Crippen LogP contribution >= 0.6 is 0 Å². The number of rotatable bonds is 1. The van der Waals surface area contributed by atoms with E-state index in [4.69, 9.17) is 5.53 Å². The van der Waals surface area contributed by atoms with E-state index in [0.29, 0.717) is 11.6 Å². The second-order valence-corrected chi connectivity index (χ2v) is 5.16. The molecule has 4 rings (SSSR count). The normalized spacial score (nSPS) is 52.3. The number of fused-ring (bicyclic) bond motifs is 2. The summed E-state index contributed by atoms with van der Waals surface area (Å²) in [7, 11) is 0. The summed E-state index contributed by atoms with van der Waals surface area (Å²) >= 11 is 0. The molecule has 2 spiro atoms. The minimum absolute atomic E-state index is 0.0486. The summed E-state index contributed by atoms with van der Waals surface area (Å²) in [6, 6.07) is 0. The van der Waals surface area contributed by atoms with Crippen LogP contribution in [0.4, 0.5) is 0 Å². The number of hydrogen-bond donors (Lipinski definition) is 0. The Balaban J connectivity index is 1.91. The predicted molar refractivity (Wildman–Crippen MR) is 52.5 cm³/mol. The van der Waals surface area contributed by atoms with Crippen LogP contribution in [0.1, 0.15) is 12.8 Å². The second kappa shape index (κ2) is 1.89. The Morgan fingerprint density at radius 1 is 1.60 bits per heavy atom. The molecule has 0 saturated heterocycles. The van der Waals surface area contributed by atoms with E-state index in [9.17, 15) is 4.79 Å². The molecule has 4 nitrogen and oxygen atoms in total. The minimum Gasteiger partial charge on any atom is -0.294 e. The van der Waals surface area contributed by atoms with Crippen LogP contribution in [-0.2, 0) is 4.79 Å². The topological polar surface area (TPSA) is 65.8 Å². The lowest BCUT2D eigenvalue weighted by Gasteiger charge is -2.19. The zero-order chi connectivity index (χ0) is 10.3. The van der Waals surface area contributed by atoms with Gasteiger partial charge in [0.25, 0.3) is 0 Å². The lowest BCUT2D eigenvalue weighted by atomic mass is 9.83. The Morgan fingerprint density at radius 2 is 2.47 bits per heavy atom. The van der Waals surface area contributed by atoms with Gasteiger partial charge in [-0.25, -0.2) is 0 Å². The SMILES string of the molecule is [N-]=[N+]=NC1=C[C@@]23C[C@@]24C=C[C@H](C4)[C@H]3C1=O. The molecule has 2 bridgehead atoms. The third-order valence-corrected chi connectivity index (χ3v) is 4.74. The van der Waals surface area contributed by atoms with E-state index in [0.717, 1.165) is 12.8 Å². The minimum atomic E-state index is 0.0486. The number of Topliss-reactive ketones (excluding diaryl/α,β-unsaturated/α-hetero) is 1. The van der Waals surface area contributed by atoms with Crippen molar-refractivity contribution in [3.05, 3.63) is 34.4 Å². The molecule has 0 aromatic heterocycles. The molecule has 4 heteroatoms. The summed E-state index contributed by atoms with van der Waals surface area (Å²) in [4.78, 5) is 14.8. The van der Waals surface area contributed by atoms with Gasteiger partial charge in [0.1, 0.15) is 0 Å². The van der Waals surface area contributed by atoms with Gasteiger partial charge in [-0.05, 0) is 29.7 Å². The van der Waals surface area contributed by atoms with Crippen molar-refractivity contribution in [1.29, 1.82) is 0 Å². The van der Waals surface area contributed by atoms with E-state index in [1.165, 1.54) is 0 Å².